The van der Waals surface area contributed by atoms with E-state index in [2.05, 4.69) is 16.9 Å². The van der Waals surface area contributed by atoms with Crippen LogP contribution < -0.4 is 4.90 Å². The summed E-state index contributed by atoms with van der Waals surface area (Å²) < 4.78 is 7.58. The fourth-order valence-corrected chi connectivity index (χ4v) is 4.57. The quantitative estimate of drug-likeness (QED) is 0.376. The lowest BCUT2D eigenvalue weighted by molar-refractivity contribution is -0.136. The van der Waals surface area contributed by atoms with E-state index in [-0.39, 0.29) is 12.5 Å². The van der Waals surface area contributed by atoms with Crippen molar-refractivity contribution in [2.75, 3.05) is 37.7 Å². The molecule has 0 atom stereocenters. The summed E-state index contributed by atoms with van der Waals surface area (Å²) in [5, 5.41) is 5.59. The molecule has 0 N–H and O–H groups in total. The third-order valence-corrected chi connectivity index (χ3v) is 6.41. The van der Waals surface area contributed by atoms with Crippen LogP contribution in [0.4, 0.5) is 5.82 Å². The minimum atomic E-state index is 0.0317. The number of rotatable bonds is 8. The summed E-state index contributed by atoms with van der Waals surface area (Å²) in [5.41, 5.74) is 2.86. The molecule has 3 heterocycles. The highest BCUT2D eigenvalue weighted by atomic mass is 16.5. The van der Waals surface area contributed by atoms with Gasteiger partial charge in [-0.25, -0.2) is 14.6 Å². The number of aryl methyl sites for hydroxylation is 1. The second kappa shape index (κ2) is 11.3. The molecule has 1 aliphatic rings. The van der Waals surface area contributed by atoms with E-state index in [4.69, 9.17) is 14.7 Å². The molecular formula is C28H32N6O2. The smallest absolute Gasteiger partial charge is 0.248 e. The van der Waals surface area contributed by atoms with Crippen molar-refractivity contribution in [1.82, 2.24) is 24.6 Å². The topological polar surface area (TPSA) is 76.4 Å². The summed E-state index contributed by atoms with van der Waals surface area (Å²) in [6, 6.07) is 20.0. The fraction of sp³-hybridized carbons (Fsp3) is 0.357. The van der Waals surface area contributed by atoms with E-state index in [1.54, 1.807) is 0 Å². The lowest BCUT2D eigenvalue weighted by Crippen LogP contribution is -2.37. The Morgan fingerprint density at radius 2 is 1.72 bits per heavy atom. The first-order valence-electron chi connectivity index (χ1n) is 12.7. The number of carbonyl (C=O) groups is 1. The van der Waals surface area contributed by atoms with Crippen LogP contribution >= 0.6 is 0 Å². The Morgan fingerprint density at radius 1 is 0.944 bits per heavy atom. The molecule has 0 unspecified atom stereocenters. The number of benzene rings is 2. The van der Waals surface area contributed by atoms with Gasteiger partial charge in [-0.1, -0.05) is 55.5 Å². The first kappa shape index (κ1) is 23.9. The summed E-state index contributed by atoms with van der Waals surface area (Å²) in [6.45, 7) is 5.55. The minimum absolute atomic E-state index is 0.0317. The van der Waals surface area contributed by atoms with E-state index < -0.39 is 0 Å². The van der Waals surface area contributed by atoms with E-state index in [9.17, 15) is 4.79 Å². The van der Waals surface area contributed by atoms with E-state index in [0.29, 0.717) is 26.2 Å². The van der Waals surface area contributed by atoms with Crippen molar-refractivity contribution in [3.63, 3.8) is 0 Å². The van der Waals surface area contributed by atoms with Crippen molar-refractivity contribution < 1.29 is 9.53 Å². The van der Waals surface area contributed by atoms with Gasteiger partial charge in [0.15, 0.2) is 5.65 Å². The Balaban J connectivity index is 1.31. The van der Waals surface area contributed by atoms with Gasteiger partial charge in [0.05, 0.1) is 23.9 Å². The van der Waals surface area contributed by atoms with Crippen LogP contribution in [0.25, 0.3) is 16.7 Å². The summed E-state index contributed by atoms with van der Waals surface area (Å²) in [4.78, 5) is 26.8. The first-order chi connectivity index (χ1) is 17.7. The van der Waals surface area contributed by atoms with Crippen molar-refractivity contribution in [3.05, 3.63) is 78.2 Å². The molecule has 5 rings (SSSR count). The maximum absolute atomic E-state index is 12.8. The molecule has 186 valence electrons. The van der Waals surface area contributed by atoms with Gasteiger partial charge in [0.1, 0.15) is 18.2 Å². The number of hydrogen-bond donors (Lipinski definition) is 0. The van der Waals surface area contributed by atoms with E-state index in [1.807, 2.05) is 76.4 Å². The molecule has 8 nitrogen and oxygen atoms in total. The second-order valence-electron chi connectivity index (χ2n) is 9.04. The van der Waals surface area contributed by atoms with Crippen LogP contribution in [0.1, 0.15) is 31.2 Å². The molecule has 8 heteroatoms. The monoisotopic (exact) mass is 484 g/mol. The predicted octanol–water partition coefficient (Wildman–Crippen LogP) is 4.02. The zero-order valence-corrected chi connectivity index (χ0v) is 20.7. The average molecular weight is 485 g/mol. The highest BCUT2D eigenvalue weighted by Crippen LogP contribution is 2.27. The molecule has 1 aliphatic heterocycles. The summed E-state index contributed by atoms with van der Waals surface area (Å²) in [6.07, 6.45) is 4.50. The van der Waals surface area contributed by atoms with Gasteiger partial charge in [0.2, 0.25) is 5.91 Å². The molecule has 0 spiro atoms. The first-order valence-corrected chi connectivity index (χ1v) is 12.7. The second-order valence-corrected chi connectivity index (χ2v) is 9.04. The normalized spacial score (nSPS) is 14.2. The maximum Gasteiger partial charge on any atom is 0.248 e. The van der Waals surface area contributed by atoms with Crippen LogP contribution in [0, 0.1) is 0 Å². The van der Waals surface area contributed by atoms with Gasteiger partial charge in [-0.3, -0.25) is 4.79 Å². The number of amides is 1. The molecule has 4 aromatic rings. The van der Waals surface area contributed by atoms with Crippen LogP contribution in [-0.4, -0.2) is 63.3 Å². The van der Waals surface area contributed by atoms with Crippen LogP contribution in [0.15, 0.2) is 66.9 Å². The highest BCUT2D eigenvalue weighted by molar-refractivity contribution is 5.88. The predicted molar refractivity (Wildman–Crippen MR) is 140 cm³/mol. The Bertz CT molecular complexity index is 1290. The molecule has 1 amide bonds. The molecule has 0 bridgehead atoms. The Hall–Kier alpha value is -3.78. The molecule has 1 fully saturated rings. The van der Waals surface area contributed by atoms with Crippen molar-refractivity contribution in [3.8, 4) is 5.69 Å². The average Bonchev–Trinajstić information content (AvgIpc) is 3.18. The van der Waals surface area contributed by atoms with Crippen molar-refractivity contribution in [2.24, 2.45) is 0 Å². The van der Waals surface area contributed by atoms with E-state index >= 15 is 0 Å². The van der Waals surface area contributed by atoms with Gasteiger partial charge >= 0.3 is 0 Å². The number of hydrogen-bond acceptors (Lipinski definition) is 6. The van der Waals surface area contributed by atoms with Crippen LogP contribution in [0.2, 0.25) is 0 Å². The fourth-order valence-electron chi connectivity index (χ4n) is 4.57. The highest BCUT2D eigenvalue weighted by Gasteiger charge is 2.23. The molecule has 1 saturated heterocycles. The molecule has 0 radical (unpaired) electrons. The Morgan fingerprint density at radius 3 is 2.50 bits per heavy atom. The van der Waals surface area contributed by atoms with E-state index in [0.717, 1.165) is 59.7 Å². The number of aromatic nitrogens is 4. The molecule has 36 heavy (non-hydrogen) atoms. The molecule has 2 aromatic heterocycles. The van der Waals surface area contributed by atoms with Crippen LogP contribution in [0.5, 0.6) is 0 Å². The summed E-state index contributed by atoms with van der Waals surface area (Å²) in [5.74, 6) is 1.76. The number of para-hydroxylation sites is 1. The number of anilines is 1. The number of fused-ring (bicyclic) bond motifs is 1. The lowest BCUT2D eigenvalue weighted by atomic mass is 10.2. The lowest BCUT2D eigenvalue weighted by Gasteiger charge is -2.23. The number of ether oxygens (including phenoxy) is 1. The van der Waals surface area contributed by atoms with E-state index in [1.165, 1.54) is 0 Å². The maximum atomic E-state index is 12.8. The van der Waals surface area contributed by atoms with Crippen molar-refractivity contribution >= 4 is 22.8 Å². The van der Waals surface area contributed by atoms with Gasteiger partial charge in [-0.2, -0.15) is 5.10 Å². The SMILES string of the molecule is CCCc1nc(N2CCCN(C(=O)COCc3ccccc3)CC2)c2cnn(-c3ccccc3)c2n1. The third kappa shape index (κ3) is 5.39. The van der Waals surface area contributed by atoms with Gasteiger partial charge in [0, 0.05) is 32.6 Å². The minimum Gasteiger partial charge on any atom is -0.367 e. The zero-order chi connectivity index (χ0) is 24.7. The van der Waals surface area contributed by atoms with Crippen molar-refractivity contribution in [2.45, 2.75) is 32.8 Å². The number of nitrogens with zero attached hydrogens (tertiary/aromatic N) is 6. The van der Waals surface area contributed by atoms with Gasteiger partial charge in [-0.05, 0) is 30.5 Å². The number of carbonyl (C=O) groups excluding carboxylic acids is 1. The van der Waals surface area contributed by atoms with Crippen LogP contribution in [-0.2, 0) is 22.6 Å². The molecule has 0 aliphatic carbocycles. The standard InChI is InChI=1S/C28H32N6O2/c1-2-10-25-30-27(24-19-29-34(28(24)31-25)23-13-7-4-8-14-23)33-16-9-15-32(17-18-33)26(35)21-36-20-22-11-5-3-6-12-22/h3-8,11-14,19H,2,9-10,15-18,20-21H2,1H3. The molecular weight excluding hydrogens is 452 g/mol. The largest absolute Gasteiger partial charge is 0.367 e. The van der Waals surface area contributed by atoms with Gasteiger partial charge in [0.25, 0.3) is 0 Å². The Kier molecular flexibility index (Phi) is 7.52. The third-order valence-electron chi connectivity index (χ3n) is 6.41. The van der Waals surface area contributed by atoms with Gasteiger partial charge in [-0.15, -0.1) is 0 Å². The zero-order valence-electron chi connectivity index (χ0n) is 20.7. The van der Waals surface area contributed by atoms with Crippen molar-refractivity contribution in [1.29, 1.82) is 0 Å². The molecule has 0 saturated carbocycles. The van der Waals surface area contributed by atoms with Crippen LogP contribution in [0.3, 0.4) is 0 Å². The Labute approximate surface area is 211 Å². The summed E-state index contributed by atoms with van der Waals surface area (Å²) >= 11 is 0. The summed E-state index contributed by atoms with van der Waals surface area (Å²) in [7, 11) is 0. The van der Waals surface area contributed by atoms with Gasteiger partial charge < -0.3 is 14.5 Å². The molecule has 2 aromatic carbocycles.